The Hall–Kier alpha value is -1.70. The molecular weight excluding hydrogens is 380 g/mol. The highest BCUT2D eigenvalue weighted by Crippen LogP contribution is 2.39. The van der Waals surface area contributed by atoms with Gasteiger partial charge in [0.05, 0.1) is 11.7 Å². The quantitative estimate of drug-likeness (QED) is 0.805. The van der Waals surface area contributed by atoms with Gasteiger partial charge in [0.25, 0.3) is 0 Å². The van der Waals surface area contributed by atoms with E-state index >= 15 is 0 Å². The molecule has 7 heteroatoms. The predicted octanol–water partition coefficient (Wildman–Crippen LogP) is 4.63. The fraction of sp³-hybridized carbons (Fsp3) is 0.450. The third kappa shape index (κ3) is 4.25. The molecule has 0 spiro atoms. The van der Waals surface area contributed by atoms with Crippen molar-refractivity contribution in [2.24, 2.45) is 0 Å². The van der Waals surface area contributed by atoms with E-state index in [1.54, 1.807) is 27.8 Å². The Morgan fingerprint density at radius 2 is 1.96 bits per heavy atom. The zero-order valence-electron chi connectivity index (χ0n) is 16.0. The molecule has 1 amide bonds. The summed E-state index contributed by atoms with van der Waals surface area (Å²) in [4.78, 5) is 12.9. The van der Waals surface area contributed by atoms with E-state index in [0.717, 1.165) is 41.7 Å². The average molecular weight is 407 g/mol. The maximum absolute atomic E-state index is 13.7. The van der Waals surface area contributed by atoms with Crippen molar-refractivity contribution in [3.05, 3.63) is 45.6 Å². The summed E-state index contributed by atoms with van der Waals surface area (Å²) in [7, 11) is -3.75. The second-order valence-corrected chi connectivity index (χ2v) is 9.94. The van der Waals surface area contributed by atoms with Gasteiger partial charge in [-0.05, 0) is 61.4 Å². The molecule has 5 nitrogen and oxygen atoms in total. The molecule has 1 aromatic carbocycles. The number of nitrogens with one attached hydrogen (secondary N) is 1. The molecule has 1 aliphatic rings. The SMILES string of the molecule is CC(=O)Nc1ccc(C)cc1S(=O)(=O)N1CCCCC[C@@H]1c1sccc1C. The van der Waals surface area contributed by atoms with Gasteiger partial charge in [0.2, 0.25) is 15.9 Å². The Morgan fingerprint density at radius 3 is 2.63 bits per heavy atom. The molecule has 27 heavy (non-hydrogen) atoms. The third-order valence-corrected chi connectivity index (χ3v) is 8.01. The lowest BCUT2D eigenvalue weighted by Gasteiger charge is -2.30. The van der Waals surface area contributed by atoms with Crippen LogP contribution >= 0.6 is 11.3 Å². The van der Waals surface area contributed by atoms with Crippen molar-refractivity contribution in [2.45, 2.75) is 57.4 Å². The number of carbonyl (C=O) groups is 1. The molecule has 0 unspecified atom stereocenters. The fourth-order valence-corrected chi connectivity index (χ4v) is 6.66. The normalized spacial score (nSPS) is 18.9. The summed E-state index contributed by atoms with van der Waals surface area (Å²) < 4.78 is 29.0. The Labute approximate surface area is 165 Å². The number of aryl methyl sites for hydroxylation is 2. The number of hydrogen-bond acceptors (Lipinski definition) is 4. The molecule has 0 radical (unpaired) electrons. The van der Waals surface area contributed by atoms with Gasteiger partial charge < -0.3 is 5.32 Å². The van der Waals surface area contributed by atoms with Crippen molar-refractivity contribution in [2.75, 3.05) is 11.9 Å². The van der Waals surface area contributed by atoms with Crippen molar-refractivity contribution in [3.63, 3.8) is 0 Å². The van der Waals surface area contributed by atoms with Crippen molar-refractivity contribution >= 4 is 33.0 Å². The zero-order chi connectivity index (χ0) is 19.6. The topological polar surface area (TPSA) is 66.5 Å². The Balaban J connectivity index is 2.10. The lowest BCUT2D eigenvalue weighted by molar-refractivity contribution is -0.114. The molecule has 2 heterocycles. The van der Waals surface area contributed by atoms with E-state index < -0.39 is 10.0 Å². The number of carbonyl (C=O) groups excluding carboxylic acids is 1. The highest BCUT2D eigenvalue weighted by molar-refractivity contribution is 7.89. The molecule has 1 aliphatic heterocycles. The van der Waals surface area contributed by atoms with E-state index in [9.17, 15) is 13.2 Å². The van der Waals surface area contributed by atoms with Gasteiger partial charge in [-0.3, -0.25) is 4.79 Å². The third-order valence-electron chi connectivity index (χ3n) is 4.94. The summed E-state index contributed by atoms with van der Waals surface area (Å²) in [5.41, 5.74) is 2.33. The van der Waals surface area contributed by atoms with Gasteiger partial charge in [-0.15, -0.1) is 11.3 Å². The Bertz CT molecular complexity index is 934. The molecule has 0 saturated carbocycles. The van der Waals surface area contributed by atoms with E-state index in [1.807, 2.05) is 31.4 Å². The maximum atomic E-state index is 13.7. The first-order valence-corrected chi connectivity index (χ1v) is 11.6. The van der Waals surface area contributed by atoms with Gasteiger partial charge in [-0.2, -0.15) is 4.31 Å². The molecule has 0 aliphatic carbocycles. The molecule has 1 fully saturated rings. The molecule has 1 N–H and O–H groups in total. The first-order chi connectivity index (χ1) is 12.8. The van der Waals surface area contributed by atoms with Gasteiger partial charge in [-0.25, -0.2) is 8.42 Å². The van der Waals surface area contributed by atoms with Crippen LogP contribution in [0.25, 0.3) is 0 Å². The van der Waals surface area contributed by atoms with Gasteiger partial charge in [0.1, 0.15) is 4.90 Å². The monoisotopic (exact) mass is 406 g/mol. The van der Waals surface area contributed by atoms with Crippen LogP contribution in [0.5, 0.6) is 0 Å². The summed E-state index contributed by atoms with van der Waals surface area (Å²) in [5, 5.41) is 4.70. The van der Waals surface area contributed by atoms with Crippen LogP contribution in [-0.4, -0.2) is 25.2 Å². The summed E-state index contributed by atoms with van der Waals surface area (Å²) in [6, 6.07) is 7.04. The van der Waals surface area contributed by atoms with E-state index in [-0.39, 0.29) is 16.8 Å². The number of rotatable bonds is 4. The molecule has 2 aromatic rings. The van der Waals surface area contributed by atoms with Crippen LogP contribution in [0.15, 0.2) is 34.5 Å². The van der Waals surface area contributed by atoms with E-state index in [0.29, 0.717) is 12.2 Å². The number of nitrogens with zero attached hydrogens (tertiary/aromatic N) is 1. The lowest BCUT2D eigenvalue weighted by Crippen LogP contribution is -2.35. The van der Waals surface area contributed by atoms with E-state index in [4.69, 9.17) is 0 Å². The minimum absolute atomic E-state index is 0.150. The number of sulfonamides is 1. The summed E-state index contributed by atoms with van der Waals surface area (Å²) >= 11 is 1.62. The number of hydrogen-bond donors (Lipinski definition) is 1. The number of benzene rings is 1. The molecule has 1 atom stereocenters. The minimum atomic E-state index is -3.75. The van der Waals surface area contributed by atoms with Gasteiger partial charge in [-0.1, -0.05) is 18.9 Å². The largest absolute Gasteiger partial charge is 0.325 e. The zero-order valence-corrected chi connectivity index (χ0v) is 17.6. The van der Waals surface area contributed by atoms with Gasteiger partial charge in [0.15, 0.2) is 0 Å². The Morgan fingerprint density at radius 1 is 1.19 bits per heavy atom. The van der Waals surface area contributed by atoms with E-state index in [1.165, 1.54) is 6.92 Å². The van der Waals surface area contributed by atoms with Crippen LogP contribution in [0.4, 0.5) is 5.69 Å². The molecule has 1 aromatic heterocycles. The molecular formula is C20H26N2O3S2. The van der Waals surface area contributed by atoms with Crippen LogP contribution < -0.4 is 5.32 Å². The van der Waals surface area contributed by atoms with E-state index in [2.05, 4.69) is 5.32 Å². The molecule has 1 saturated heterocycles. The maximum Gasteiger partial charge on any atom is 0.245 e. The standard InChI is InChI=1S/C20H26N2O3S2/c1-14-8-9-17(21-16(3)23)19(13-14)27(24,25)22-11-6-4-5-7-18(22)20-15(2)10-12-26-20/h8-10,12-13,18H,4-7,11H2,1-3H3,(H,21,23)/t18-/m1/s1. The summed E-state index contributed by atoms with van der Waals surface area (Å²) in [6.45, 7) is 5.79. The molecule has 146 valence electrons. The van der Waals surface area contributed by atoms with Crippen LogP contribution in [0, 0.1) is 13.8 Å². The van der Waals surface area contributed by atoms with Crippen LogP contribution in [-0.2, 0) is 14.8 Å². The summed E-state index contributed by atoms with van der Waals surface area (Å²) in [6.07, 6.45) is 3.71. The highest BCUT2D eigenvalue weighted by atomic mass is 32.2. The van der Waals surface area contributed by atoms with Crippen LogP contribution in [0.3, 0.4) is 0 Å². The number of thiophene rings is 1. The van der Waals surface area contributed by atoms with Crippen molar-refractivity contribution in [1.29, 1.82) is 0 Å². The Kier molecular flexibility index (Phi) is 6.03. The van der Waals surface area contributed by atoms with Crippen LogP contribution in [0.2, 0.25) is 0 Å². The molecule has 3 rings (SSSR count). The summed E-state index contributed by atoms with van der Waals surface area (Å²) in [5.74, 6) is -0.281. The van der Waals surface area contributed by atoms with Gasteiger partial charge >= 0.3 is 0 Å². The second kappa shape index (κ2) is 8.12. The van der Waals surface area contributed by atoms with Gasteiger partial charge in [0, 0.05) is 18.3 Å². The molecule has 0 bridgehead atoms. The number of amides is 1. The smallest absolute Gasteiger partial charge is 0.245 e. The fourth-order valence-electron chi connectivity index (χ4n) is 3.62. The number of anilines is 1. The van der Waals surface area contributed by atoms with Crippen molar-refractivity contribution in [3.8, 4) is 0 Å². The average Bonchev–Trinajstić information content (AvgIpc) is 2.88. The predicted molar refractivity (Wildman–Crippen MR) is 110 cm³/mol. The first-order valence-electron chi connectivity index (χ1n) is 9.25. The van der Waals surface area contributed by atoms with Crippen LogP contribution in [0.1, 0.15) is 54.7 Å². The second-order valence-electron chi connectivity index (χ2n) is 7.13. The van der Waals surface area contributed by atoms with Crippen molar-refractivity contribution in [1.82, 2.24) is 4.31 Å². The van der Waals surface area contributed by atoms with Crippen molar-refractivity contribution < 1.29 is 13.2 Å². The lowest BCUT2D eigenvalue weighted by atomic mass is 10.1. The highest BCUT2D eigenvalue weighted by Gasteiger charge is 2.36. The minimum Gasteiger partial charge on any atom is -0.325 e. The first kappa shape index (κ1) is 20.0.